The molecule has 104 valence electrons. The van der Waals surface area contributed by atoms with Crippen molar-refractivity contribution < 1.29 is 12.8 Å². The second-order valence-corrected chi connectivity index (χ2v) is 6.14. The number of rotatable bonds is 6. The average Bonchev–Trinajstić information content (AvgIpc) is 2.26. The third kappa shape index (κ3) is 3.30. The lowest BCUT2D eigenvalue weighted by atomic mass is 10.1. The molecule has 1 rings (SSSR count). The van der Waals surface area contributed by atoms with E-state index in [4.69, 9.17) is 0 Å². The second-order valence-electron chi connectivity index (χ2n) is 4.27. The Hall–Kier alpha value is -1.46. The van der Waals surface area contributed by atoms with E-state index in [1.165, 1.54) is 28.6 Å². The second kappa shape index (κ2) is 6.12. The summed E-state index contributed by atoms with van der Waals surface area (Å²) in [4.78, 5) is 0.151. The first-order valence-electron chi connectivity index (χ1n) is 5.83. The van der Waals surface area contributed by atoms with Crippen LogP contribution in [0.5, 0.6) is 0 Å². The summed E-state index contributed by atoms with van der Waals surface area (Å²) in [5.74, 6) is -0.437. The molecule has 0 bridgehead atoms. The molecule has 3 nitrogen and oxygen atoms in total. The smallest absolute Gasteiger partial charge is 0.207 e. The van der Waals surface area contributed by atoms with Crippen LogP contribution in [0, 0.1) is 19.7 Å². The van der Waals surface area contributed by atoms with E-state index in [0.717, 1.165) is 0 Å². The minimum Gasteiger partial charge on any atom is -0.207 e. The summed E-state index contributed by atoms with van der Waals surface area (Å²) >= 11 is 0. The maximum Gasteiger partial charge on any atom is 0.244 e. The summed E-state index contributed by atoms with van der Waals surface area (Å²) in [6, 6.07) is 2.44. The van der Waals surface area contributed by atoms with Crippen molar-refractivity contribution in [1.29, 1.82) is 0 Å². The lowest BCUT2D eigenvalue weighted by Crippen LogP contribution is -2.32. The van der Waals surface area contributed by atoms with Crippen LogP contribution in [0.15, 0.2) is 42.3 Å². The van der Waals surface area contributed by atoms with Gasteiger partial charge in [-0.05, 0) is 37.1 Å². The minimum atomic E-state index is -3.68. The van der Waals surface area contributed by atoms with Crippen molar-refractivity contribution in [3.8, 4) is 0 Å². The van der Waals surface area contributed by atoms with Crippen molar-refractivity contribution in [2.75, 3.05) is 13.1 Å². The number of sulfonamides is 1. The summed E-state index contributed by atoms with van der Waals surface area (Å²) < 4.78 is 39.6. The van der Waals surface area contributed by atoms with E-state index >= 15 is 0 Å². The van der Waals surface area contributed by atoms with Crippen molar-refractivity contribution >= 4 is 10.0 Å². The Bertz CT molecular complexity index is 560. The van der Waals surface area contributed by atoms with Crippen LogP contribution in [0.3, 0.4) is 0 Å². The topological polar surface area (TPSA) is 37.4 Å². The van der Waals surface area contributed by atoms with Gasteiger partial charge in [-0.1, -0.05) is 12.2 Å². The molecular formula is C14H18FNO2S. The molecule has 0 heterocycles. The fourth-order valence-electron chi connectivity index (χ4n) is 1.99. The van der Waals surface area contributed by atoms with Gasteiger partial charge in [0, 0.05) is 13.1 Å². The van der Waals surface area contributed by atoms with Crippen molar-refractivity contribution in [2.45, 2.75) is 18.7 Å². The monoisotopic (exact) mass is 283 g/mol. The van der Waals surface area contributed by atoms with E-state index in [9.17, 15) is 12.8 Å². The van der Waals surface area contributed by atoms with Crippen molar-refractivity contribution in [2.24, 2.45) is 0 Å². The molecule has 0 aliphatic carbocycles. The van der Waals surface area contributed by atoms with Gasteiger partial charge >= 0.3 is 0 Å². The summed E-state index contributed by atoms with van der Waals surface area (Å²) in [5.41, 5.74) is 0.797. The molecule has 0 atom stereocenters. The molecule has 0 unspecified atom stereocenters. The third-order valence-corrected chi connectivity index (χ3v) is 4.83. The molecule has 19 heavy (non-hydrogen) atoms. The summed E-state index contributed by atoms with van der Waals surface area (Å²) in [6.07, 6.45) is 3.02. The van der Waals surface area contributed by atoms with Crippen molar-refractivity contribution in [3.05, 3.63) is 54.4 Å². The van der Waals surface area contributed by atoms with E-state index in [1.54, 1.807) is 13.8 Å². The predicted octanol–water partition coefficient (Wildman–Crippen LogP) is 2.81. The zero-order valence-electron chi connectivity index (χ0n) is 11.2. The van der Waals surface area contributed by atoms with Crippen LogP contribution in [0.2, 0.25) is 0 Å². The van der Waals surface area contributed by atoms with Crippen LogP contribution in [0.4, 0.5) is 4.39 Å². The zero-order valence-corrected chi connectivity index (χ0v) is 12.0. The normalized spacial score (nSPS) is 11.6. The molecule has 0 aliphatic rings. The third-order valence-electron chi connectivity index (χ3n) is 2.69. The number of nitrogens with zero attached hydrogens (tertiary/aromatic N) is 1. The van der Waals surface area contributed by atoms with E-state index in [2.05, 4.69) is 13.2 Å². The van der Waals surface area contributed by atoms with Crippen molar-refractivity contribution in [1.82, 2.24) is 4.31 Å². The highest BCUT2D eigenvalue weighted by Crippen LogP contribution is 2.24. The molecule has 1 aromatic rings. The fourth-order valence-corrected chi connectivity index (χ4v) is 3.79. The van der Waals surface area contributed by atoms with Gasteiger partial charge in [0.15, 0.2) is 0 Å². The van der Waals surface area contributed by atoms with Crippen LogP contribution in [0.1, 0.15) is 11.1 Å². The predicted molar refractivity (Wildman–Crippen MR) is 75.0 cm³/mol. The first kappa shape index (κ1) is 15.6. The summed E-state index contributed by atoms with van der Waals surface area (Å²) in [5, 5.41) is 0. The Morgan fingerprint density at radius 2 is 1.58 bits per heavy atom. The van der Waals surface area contributed by atoms with Gasteiger partial charge in [-0.15, -0.1) is 13.2 Å². The largest absolute Gasteiger partial charge is 0.244 e. The highest BCUT2D eigenvalue weighted by Gasteiger charge is 2.26. The number of hydrogen-bond acceptors (Lipinski definition) is 2. The van der Waals surface area contributed by atoms with Crippen molar-refractivity contribution in [3.63, 3.8) is 0 Å². The highest BCUT2D eigenvalue weighted by molar-refractivity contribution is 7.89. The molecule has 0 aliphatic heterocycles. The maximum absolute atomic E-state index is 13.3. The van der Waals surface area contributed by atoms with Gasteiger partial charge in [-0.3, -0.25) is 0 Å². The standard InChI is InChI=1S/C14H18FNO2S/c1-5-7-16(8-6-2)19(17,18)14-11(3)9-13(15)10-12(14)4/h5-6,9-10H,1-2,7-8H2,3-4H3. The van der Waals surface area contributed by atoms with Crippen LogP contribution >= 0.6 is 0 Å². The Balaban J connectivity index is 3.40. The van der Waals surface area contributed by atoms with E-state index < -0.39 is 15.8 Å². The van der Waals surface area contributed by atoms with Gasteiger partial charge in [0.1, 0.15) is 5.82 Å². The number of hydrogen-bond donors (Lipinski definition) is 0. The molecular weight excluding hydrogens is 265 g/mol. The lowest BCUT2D eigenvalue weighted by molar-refractivity contribution is 0.473. The molecule has 0 spiro atoms. The van der Waals surface area contributed by atoms with Gasteiger partial charge < -0.3 is 0 Å². The minimum absolute atomic E-state index is 0.151. The Morgan fingerprint density at radius 1 is 1.16 bits per heavy atom. The first-order chi connectivity index (χ1) is 8.84. The van der Waals surface area contributed by atoms with Gasteiger partial charge in [-0.25, -0.2) is 12.8 Å². The van der Waals surface area contributed by atoms with Crippen LogP contribution in [-0.4, -0.2) is 25.8 Å². The average molecular weight is 283 g/mol. The number of halogens is 1. The van der Waals surface area contributed by atoms with E-state index in [-0.39, 0.29) is 18.0 Å². The highest BCUT2D eigenvalue weighted by atomic mass is 32.2. The number of aryl methyl sites for hydroxylation is 2. The molecule has 0 N–H and O–H groups in total. The SMILES string of the molecule is C=CCN(CC=C)S(=O)(=O)c1c(C)cc(F)cc1C. The first-order valence-corrected chi connectivity index (χ1v) is 7.27. The zero-order chi connectivity index (χ0) is 14.6. The summed E-state index contributed by atoms with van der Waals surface area (Å²) in [7, 11) is -3.68. The Kier molecular flexibility index (Phi) is 5.03. The Labute approximate surface area is 114 Å². The molecule has 0 saturated heterocycles. The summed E-state index contributed by atoms with van der Waals surface area (Å²) in [6.45, 7) is 10.6. The van der Waals surface area contributed by atoms with Gasteiger partial charge in [-0.2, -0.15) is 4.31 Å². The molecule has 1 aromatic carbocycles. The number of benzene rings is 1. The van der Waals surface area contributed by atoms with E-state index in [1.807, 2.05) is 0 Å². The van der Waals surface area contributed by atoms with Crippen LogP contribution in [0.25, 0.3) is 0 Å². The quantitative estimate of drug-likeness (QED) is 0.753. The van der Waals surface area contributed by atoms with Crippen LogP contribution < -0.4 is 0 Å². The molecule has 0 fully saturated rings. The van der Waals surface area contributed by atoms with Gasteiger partial charge in [0.2, 0.25) is 10.0 Å². The molecule has 0 amide bonds. The molecule has 5 heteroatoms. The van der Waals surface area contributed by atoms with Crippen LogP contribution in [-0.2, 0) is 10.0 Å². The van der Waals surface area contributed by atoms with Gasteiger partial charge in [0.05, 0.1) is 4.90 Å². The molecule has 0 radical (unpaired) electrons. The lowest BCUT2D eigenvalue weighted by Gasteiger charge is -2.21. The van der Waals surface area contributed by atoms with Gasteiger partial charge in [0.25, 0.3) is 0 Å². The Morgan fingerprint density at radius 3 is 1.95 bits per heavy atom. The van der Waals surface area contributed by atoms with E-state index in [0.29, 0.717) is 11.1 Å². The maximum atomic E-state index is 13.3. The molecule has 0 aromatic heterocycles. The fraction of sp³-hybridized carbons (Fsp3) is 0.286. The molecule has 0 saturated carbocycles.